The van der Waals surface area contributed by atoms with E-state index in [1.54, 1.807) is 30.5 Å². The maximum Gasteiger partial charge on any atom is 0.268 e. The van der Waals surface area contributed by atoms with Gasteiger partial charge in [-0.1, -0.05) is 24.0 Å². The van der Waals surface area contributed by atoms with Gasteiger partial charge in [0.25, 0.3) is 11.8 Å². The smallest absolute Gasteiger partial charge is 0.268 e. The fourth-order valence-corrected chi connectivity index (χ4v) is 2.70. The number of hydrogen-bond donors (Lipinski definition) is 5. The molecule has 0 fully saturated rings. The van der Waals surface area contributed by atoms with Crippen LogP contribution in [-0.4, -0.2) is 44.5 Å². The average Bonchev–Trinajstić information content (AvgIpc) is 3.31. The standard InChI is InChI=1S/C22H20N4O4/c1-14(27)20(22(29)26-30)24-21(28)18-10-6-16(7-11-18)3-2-15-4-8-17(9-5-15)19-12-13-23-25-19/h4-14,20,27,30H,1H3,(H,23,25)(H,24,28)(H,26,29)/t14-,20+/m1/s1. The van der Waals surface area contributed by atoms with E-state index in [1.165, 1.54) is 12.4 Å². The minimum atomic E-state index is -1.27. The Bertz CT molecular complexity index is 1060. The van der Waals surface area contributed by atoms with Gasteiger partial charge in [0.15, 0.2) is 0 Å². The number of carbonyl (C=O) groups excluding carboxylic acids is 2. The SMILES string of the molecule is C[C@@H](O)[C@H](NC(=O)c1ccc(C#Cc2ccc(-c3ccn[nH]3)cc2)cc1)C(=O)NO. The second kappa shape index (κ2) is 9.52. The fourth-order valence-electron chi connectivity index (χ4n) is 2.70. The van der Waals surface area contributed by atoms with E-state index in [-0.39, 0.29) is 0 Å². The van der Waals surface area contributed by atoms with Crippen LogP contribution in [0.25, 0.3) is 11.3 Å². The molecule has 5 N–H and O–H groups in total. The Morgan fingerprint density at radius 1 is 1.00 bits per heavy atom. The predicted octanol–water partition coefficient (Wildman–Crippen LogP) is 1.46. The van der Waals surface area contributed by atoms with E-state index in [9.17, 15) is 14.7 Å². The molecule has 152 valence electrons. The van der Waals surface area contributed by atoms with Crippen molar-refractivity contribution in [1.29, 1.82) is 0 Å². The Kier molecular flexibility index (Phi) is 6.60. The lowest BCUT2D eigenvalue weighted by atomic mass is 10.1. The summed E-state index contributed by atoms with van der Waals surface area (Å²) in [5.41, 5.74) is 5.21. The molecule has 2 atom stereocenters. The number of H-pyrrole nitrogens is 1. The second-order valence-electron chi connectivity index (χ2n) is 6.54. The second-order valence-corrected chi connectivity index (χ2v) is 6.54. The number of amides is 2. The zero-order valence-electron chi connectivity index (χ0n) is 16.1. The van der Waals surface area contributed by atoms with Crippen LogP contribution in [0, 0.1) is 11.8 Å². The summed E-state index contributed by atoms with van der Waals surface area (Å²) in [6.45, 7) is 1.33. The van der Waals surface area contributed by atoms with E-state index >= 15 is 0 Å². The van der Waals surface area contributed by atoms with Crippen LogP contribution in [0.3, 0.4) is 0 Å². The number of nitrogens with one attached hydrogen (secondary N) is 3. The molecule has 0 aliphatic carbocycles. The summed E-state index contributed by atoms with van der Waals surface area (Å²) in [5.74, 6) is 4.63. The topological polar surface area (TPSA) is 127 Å². The molecule has 0 spiro atoms. The highest BCUT2D eigenvalue weighted by molar-refractivity contribution is 5.97. The minimum Gasteiger partial charge on any atom is -0.391 e. The van der Waals surface area contributed by atoms with Gasteiger partial charge in [-0.25, -0.2) is 5.48 Å². The van der Waals surface area contributed by atoms with Crippen molar-refractivity contribution in [2.45, 2.75) is 19.1 Å². The van der Waals surface area contributed by atoms with Gasteiger partial charge in [0.05, 0.1) is 11.8 Å². The summed E-state index contributed by atoms with van der Waals surface area (Å²) >= 11 is 0. The van der Waals surface area contributed by atoms with E-state index in [0.29, 0.717) is 11.1 Å². The van der Waals surface area contributed by atoms with Crippen molar-refractivity contribution in [3.8, 4) is 23.1 Å². The molecular formula is C22H20N4O4. The quantitative estimate of drug-likeness (QED) is 0.250. The first kappa shape index (κ1) is 20.8. The van der Waals surface area contributed by atoms with Crippen molar-refractivity contribution in [3.05, 3.63) is 77.5 Å². The Hall–Kier alpha value is -3.93. The van der Waals surface area contributed by atoms with Crippen molar-refractivity contribution < 1.29 is 19.9 Å². The summed E-state index contributed by atoms with van der Waals surface area (Å²) in [6, 6.07) is 14.8. The zero-order valence-corrected chi connectivity index (χ0v) is 16.1. The lowest BCUT2D eigenvalue weighted by molar-refractivity contribution is -0.133. The van der Waals surface area contributed by atoms with E-state index in [4.69, 9.17) is 5.21 Å². The summed E-state index contributed by atoms with van der Waals surface area (Å²) < 4.78 is 0. The first-order valence-electron chi connectivity index (χ1n) is 9.12. The Morgan fingerprint density at radius 3 is 2.10 bits per heavy atom. The van der Waals surface area contributed by atoms with Gasteiger partial charge in [-0.2, -0.15) is 5.10 Å². The van der Waals surface area contributed by atoms with Gasteiger partial charge in [-0.05, 0) is 55.0 Å². The molecule has 0 saturated heterocycles. The minimum absolute atomic E-state index is 0.292. The monoisotopic (exact) mass is 404 g/mol. The molecule has 0 saturated carbocycles. The average molecular weight is 404 g/mol. The van der Waals surface area contributed by atoms with Crippen molar-refractivity contribution in [3.63, 3.8) is 0 Å². The van der Waals surface area contributed by atoms with Crippen molar-refractivity contribution >= 4 is 11.8 Å². The normalized spacial score (nSPS) is 12.2. The summed E-state index contributed by atoms with van der Waals surface area (Å²) in [6.07, 6.45) is 0.518. The highest BCUT2D eigenvalue weighted by Crippen LogP contribution is 2.16. The van der Waals surface area contributed by atoms with Gasteiger partial charge in [0.2, 0.25) is 0 Å². The molecule has 0 bridgehead atoms. The third-order valence-electron chi connectivity index (χ3n) is 4.36. The highest BCUT2D eigenvalue weighted by Gasteiger charge is 2.25. The summed E-state index contributed by atoms with van der Waals surface area (Å²) in [7, 11) is 0. The lowest BCUT2D eigenvalue weighted by Gasteiger charge is -2.19. The molecule has 0 aliphatic rings. The molecule has 0 radical (unpaired) electrons. The van der Waals surface area contributed by atoms with Crippen molar-refractivity contribution in [2.24, 2.45) is 0 Å². The number of carbonyl (C=O) groups is 2. The molecule has 30 heavy (non-hydrogen) atoms. The Morgan fingerprint density at radius 2 is 1.60 bits per heavy atom. The number of nitrogens with zero attached hydrogens (tertiary/aromatic N) is 1. The van der Waals surface area contributed by atoms with Crippen LogP contribution in [0.4, 0.5) is 0 Å². The van der Waals surface area contributed by atoms with Crippen LogP contribution in [0.1, 0.15) is 28.4 Å². The van der Waals surface area contributed by atoms with Gasteiger partial charge in [0, 0.05) is 22.9 Å². The number of aromatic amines is 1. The maximum absolute atomic E-state index is 12.3. The first-order valence-corrected chi connectivity index (χ1v) is 9.12. The molecule has 0 aliphatic heterocycles. The Balaban J connectivity index is 1.66. The van der Waals surface area contributed by atoms with Crippen LogP contribution in [0.2, 0.25) is 0 Å². The highest BCUT2D eigenvalue weighted by atomic mass is 16.5. The van der Waals surface area contributed by atoms with Gasteiger partial charge in [-0.15, -0.1) is 0 Å². The molecule has 3 rings (SSSR count). The molecule has 2 aromatic carbocycles. The number of benzene rings is 2. The lowest BCUT2D eigenvalue weighted by Crippen LogP contribution is -2.51. The predicted molar refractivity (Wildman–Crippen MR) is 109 cm³/mol. The molecule has 1 heterocycles. The number of aromatic nitrogens is 2. The van der Waals surface area contributed by atoms with Crippen LogP contribution >= 0.6 is 0 Å². The van der Waals surface area contributed by atoms with Crippen LogP contribution in [0.15, 0.2) is 60.8 Å². The molecular weight excluding hydrogens is 384 g/mol. The molecule has 8 nitrogen and oxygen atoms in total. The van der Waals surface area contributed by atoms with Gasteiger partial charge in [-0.3, -0.25) is 19.9 Å². The van der Waals surface area contributed by atoms with Gasteiger partial charge in [0.1, 0.15) is 6.04 Å². The summed E-state index contributed by atoms with van der Waals surface area (Å²) in [4.78, 5) is 23.8. The van der Waals surface area contributed by atoms with Gasteiger partial charge >= 0.3 is 0 Å². The summed E-state index contributed by atoms with van der Waals surface area (Å²) in [5, 5.41) is 27.5. The number of aliphatic hydroxyl groups excluding tert-OH is 1. The molecule has 2 amide bonds. The van der Waals surface area contributed by atoms with E-state index in [0.717, 1.165) is 16.8 Å². The molecule has 3 aromatic rings. The van der Waals surface area contributed by atoms with Crippen molar-refractivity contribution in [2.75, 3.05) is 0 Å². The molecule has 1 aromatic heterocycles. The number of hydrogen-bond acceptors (Lipinski definition) is 5. The number of aliphatic hydroxyl groups is 1. The van der Waals surface area contributed by atoms with Crippen LogP contribution in [-0.2, 0) is 4.79 Å². The molecule has 0 unspecified atom stereocenters. The first-order chi connectivity index (χ1) is 14.5. The van der Waals surface area contributed by atoms with Crippen LogP contribution < -0.4 is 10.8 Å². The van der Waals surface area contributed by atoms with Crippen LogP contribution in [0.5, 0.6) is 0 Å². The van der Waals surface area contributed by atoms with E-state index < -0.39 is 24.0 Å². The van der Waals surface area contributed by atoms with Gasteiger partial charge < -0.3 is 10.4 Å². The maximum atomic E-state index is 12.3. The third-order valence-corrected chi connectivity index (χ3v) is 4.36. The number of hydroxylamine groups is 1. The molecule has 8 heteroatoms. The zero-order chi connectivity index (χ0) is 21.5. The van der Waals surface area contributed by atoms with E-state index in [2.05, 4.69) is 27.4 Å². The largest absolute Gasteiger partial charge is 0.391 e. The number of rotatable bonds is 5. The van der Waals surface area contributed by atoms with Crippen molar-refractivity contribution in [1.82, 2.24) is 21.0 Å². The van der Waals surface area contributed by atoms with E-state index in [1.807, 2.05) is 30.3 Å². The third kappa shape index (κ3) is 5.11. The Labute approximate surface area is 172 Å². The fraction of sp³-hybridized carbons (Fsp3) is 0.136.